The summed E-state index contributed by atoms with van der Waals surface area (Å²) in [4.78, 5) is 14.4. The molecule has 0 aliphatic carbocycles. The molecule has 1 heterocycles. The highest BCUT2D eigenvalue weighted by atomic mass is 79.9. The number of likely N-dealkylation sites (tertiary alicyclic amines) is 1. The monoisotopic (exact) mass is 324 g/mol. The fourth-order valence-corrected chi connectivity index (χ4v) is 2.98. The van der Waals surface area contributed by atoms with Crippen LogP contribution >= 0.6 is 15.9 Å². The van der Waals surface area contributed by atoms with Crippen LogP contribution in [0.25, 0.3) is 0 Å². The van der Waals surface area contributed by atoms with Crippen LogP contribution in [-0.4, -0.2) is 23.4 Å². The van der Waals surface area contributed by atoms with Gasteiger partial charge in [0.1, 0.15) is 0 Å². The molecule has 0 saturated carbocycles. The second kappa shape index (κ2) is 6.06. The van der Waals surface area contributed by atoms with Crippen LogP contribution in [0.3, 0.4) is 0 Å². The second-order valence-corrected chi connectivity index (χ2v) is 6.43. The molecule has 1 unspecified atom stereocenters. The SMILES string of the molecule is CC(C)[C@@H](N)C(=O)N1CCCC1c1cccc(Br)c1. The summed E-state index contributed by atoms with van der Waals surface area (Å²) in [6.45, 7) is 4.80. The number of hydrogen-bond donors (Lipinski definition) is 1. The Hall–Kier alpha value is -0.870. The number of nitrogens with two attached hydrogens (primary N) is 1. The first-order chi connectivity index (χ1) is 9.00. The zero-order chi connectivity index (χ0) is 14.0. The average molecular weight is 325 g/mol. The second-order valence-electron chi connectivity index (χ2n) is 5.51. The van der Waals surface area contributed by atoms with Gasteiger partial charge in [-0.1, -0.05) is 41.9 Å². The van der Waals surface area contributed by atoms with Crippen molar-refractivity contribution in [2.24, 2.45) is 11.7 Å². The maximum absolute atomic E-state index is 12.4. The van der Waals surface area contributed by atoms with Gasteiger partial charge in [0.15, 0.2) is 0 Å². The van der Waals surface area contributed by atoms with Gasteiger partial charge < -0.3 is 10.6 Å². The molecule has 2 rings (SSSR count). The van der Waals surface area contributed by atoms with Crippen molar-refractivity contribution in [3.05, 3.63) is 34.3 Å². The number of carbonyl (C=O) groups is 1. The molecule has 2 N–H and O–H groups in total. The lowest BCUT2D eigenvalue weighted by molar-refractivity contribution is -0.134. The van der Waals surface area contributed by atoms with Crippen molar-refractivity contribution in [1.82, 2.24) is 4.90 Å². The summed E-state index contributed by atoms with van der Waals surface area (Å²) >= 11 is 3.49. The third-order valence-electron chi connectivity index (χ3n) is 3.77. The van der Waals surface area contributed by atoms with Crippen molar-refractivity contribution in [3.63, 3.8) is 0 Å². The summed E-state index contributed by atoms with van der Waals surface area (Å²) < 4.78 is 1.05. The van der Waals surface area contributed by atoms with Crippen LogP contribution in [0.1, 0.15) is 38.3 Å². The number of halogens is 1. The molecule has 0 bridgehead atoms. The maximum atomic E-state index is 12.4. The van der Waals surface area contributed by atoms with Crippen LogP contribution in [0, 0.1) is 5.92 Å². The van der Waals surface area contributed by atoms with Gasteiger partial charge in [-0.2, -0.15) is 0 Å². The molecule has 4 heteroatoms. The van der Waals surface area contributed by atoms with E-state index in [2.05, 4.69) is 28.1 Å². The van der Waals surface area contributed by atoms with E-state index in [-0.39, 0.29) is 17.9 Å². The molecule has 19 heavy (non-hydrogen) atoms. The van der Waals surface area contributed by atoms with Gasteiger partial charge in [0, 0.05) is 11.0 Å². The van der Waals surface area contributed by atoms with Crippen LogP contribution in [0.4, 0.5) is 0 Å². The Kier molecular flexibility index (Phi) is 4.63. The van der Waals surface area contributed by atoms with Gasteiger partial charge in [-0.15, -0.1) is 0 Å². The number of carbonyl (C=O) groups excluding carboxylic acids is 1. The Labute approximate surface area is 123 Å². The largest absolute Gasteiger partial charge is 0.334 e. The molecule has 1 aliphatic heterocycles. The summed E-state index contributed by atoms with van der Waals surface area (Å²) in [6.07, 6.45) is 2.07. The van der Waals surface area contributed by atoms with Gasteiger partial charge in [0.25, 0.3) is 0 Å². The molecule has 1 saturated heterocycles. The fraction of sp³-hybridized carbons (Fsp3) is 0.533. The molecule has 1 aliphatic rings. The van der Waals surface area contributed by atoms with Crippen LogP contribution in [0.5, 0.6) is 0 Å². The molecule has 2 atom stereocenters. The molecular weight excluding hydrogens is 304 g/mol. The fourth-order valence-electron chi connectivity index (χ4n) is 2.57. The van der Waals surface area contributed by atoms with Crippen molar-refractivity contribution < 1.29 is 4.79 Å². The number of benzene rings is 1. The molecule has 0 aromatic heterocycles. The van der Waals surface area contributed by atoms with E-state index in [1.54, 1.807) is 0 Å². The lowest BCUT2D eigenvalue weighted by atomic mass is 10.0. The van der Waals surface area contributed by atoms with Crippen LogP contribution in [0.15, 0.2) is 28.7 Å². The van der Waals surface area contributed by atoms with Crippen LogP contribution < -0.4 is 5.73 Å². The summed E-state index contributed by atoms with van der Waals surface area (Å²) in [7, 11) is 0. The zero-order valence-electron chi connectivity index (χ0n) is 11.5. The third-order valence-corrected chi connectivity index (χ3v) is 4.27. The van der Waals surface area contributed by atoms with E-state index < -0.39 is 6.04 Å². The zero-order valence-corrected chi connectivity index (χ0v) is 13.1. The molecule has 3 nitrogen and oxygen atoms in total. The Morgan fingerprint density at radius 1 is 1.47 bits per heavy atom. The number of hydrogen-bond acceptors (Lipinski definition) is 2. The maximum Gasteiger partial charge on any atom is 0.240 e. The summed E-state index contributed by atoms with van der Waals surface area (Å²) in [5, 5.41) is 0. The Balaban J connectivity index is 2.19. The molecule has 104 valence electrons. The lowest BCUT2D eigenvalue weighted by Gasteiger charge is -2.29. The minimum Gasteiger partial charge on any atom is -0.334 e. The Bertz CT molecular complexity index is 461. The number of amides is 1. The first-order valence-corrected chi connectivity index (χ1v) is 7.61. The topological polar surface area (TPSA) is 46.3 Å². The molecule has 0 spiro atoms. The highest BCUT2D eigenvalue weighted by Crippen LogP contribution is 2.33. The van der Waals surface area contributed by atoms with Crippen molar-refractivity contribution >= 4 is 21.8 Å². The molecule has 1 amide bonds. The van der Waals surface area contributed by atoms with E-state index in [9.17, 15) is 4.79 Å². The van der Waals surface area contributed by atoms with E-state index in [4.69, 9.17) is 5.73 Å². The van der Waals surface area contributed by atoms with E-state index in [1.807, 2.05) is 30.9 Å². The third kappa shape index (κ3) is 3.18. The average Bonchev–Trinajstić information content (AvgIpc) is 2.86. The predicted molar refractivity (Wildman–Crippen MR) is 80.6 cm³/mol. The molecule has 0 radical (unpaired) electrons. The Morgan fingerprint density at radius 2 is 2.21 bits per heavy atom. The quantitative estimate of drug-likeness (QED) is 0.928. The smallest absolute Gasteiger partial charge is 0.240 e. The van der Waals surface area contributed by atoms with Crippen molar-refractivity contribution in [2.45, 2.75) is 38.8 Å². The van der Waals surface area contributed by atoms with Crippen molar-refractivity contribution in [1.29, 1.82) is 0 Å². The van der Waals surface area contributed by atoms with E-state index in [0.717, 1.165) is 23.9 Å². The molecular formula is C15H21BrN2O. The highest BCUT2D eigenvalue weighted by molar-refractivity contribution is 9.10. The predicted octanol–water partition coefficient (Wildman–Crippen LogP) is 3.10. The number of rotatable bonds is 3. The Morgan fingerprint density at radius 3 is 2.84 bits per heavy atom. The van der Waals surface area contributed by atoms with Gasteiger partial charge in [-0.25, -0.2) is 0 Å². The van der Waals surface area contributed by atoms with Gasteiger partial charge in [-0.3, -0.25) is 4.79 Å². The summed E-state index contributed by atoms with van der Waals surface area (Å²) in [5.41, 5.74) is 7.20. The molecule has 1 aromatic rings. The van der Waals surface area contributed by atoms with E-state index >= 15 is 0 Å². The molecule has 1 fully saturated rings. The van der Waals surface area contributed by atoms with Gasteiger partial charge >= 0.3 is 0 Å². The van der Waals surface area contributed by atoms with E-state index in [1.165, 1.54) is 5.56 Å². The van der Waals surface area contributed by atoms with Gasteiger partial charge in [-0.05, 0) is 36.5 Å². The van der Waals surface area contributed by atoms with E-state index in [0.29, 0.717) is 0 Å². The van der Waals surface area contributed by atoms with Gasteiger partial charge in [0.2, 0.25) is 5.91 Å². The summed E-state index contributed by atoms with van der Waals surface area (Å²) in [6, 6.07) is 7.98. The first-order valence-electron chi connectivity index (χ1n) is 6.82. The standard InChI is InChI=1S/C15H21BrN2O/c1-10(2)14(17)15(19)18-8-4-7-13(18)11-5-3-6-12(16)9-11/h3,5-6,9-10,13-14H,4,7-8,17H2,1-2H3/t13?,14-/m1/s1. The van der Waals surface area contributed by atoms with Crippen molar-refractivity contribution in [2.75, 3.05) is 6.54 Å². The summed E-state index contributed by atoms with van der Waals surface area (Å²) in [5.74, 6) is 0.258. The normalized spacial score (nSPS) is 20.9. The minimum absolute atomic E-state index is 0.0810. The molecule has 1 aromatic carbocycles. The number of nitrogens with zero attached hydrogens (tertiary/aromatic N) is 1. The first kappa shape index (κ1) is 14.5. The lowest BCUT2D eigenvalue weighted by Crippen LogP contribution is -2.46. The van der Waals surface area contributed by atoms with Crippen molar-refractivity contribution in [3.8, 4) is 0 Å². The van der Waals surface area contributed by atoms with Crippen LogP contribution in [0.2, 0.25) is 0 Å². The van der Waals surface area contributed by atoms with Crippen LogP contribution in [-0.2, 0) is 4.79 Å². The van der Waals surface area contributed by atoms with Gasteiger partial charge in [0.05, 0.1) is 12.1 Å². The highest BCUT2D eigenvalue weighted by Gasteiger charge is 2.33. The minimum atomic E-state index is -0.396.